The lowest BCUT2D eigenvalue weighted by Crippen LogP contribution is -2.16. The molecule has 4 rings (SSSR count). The van der Waals surface area contributed by atoms with E-state index in [2.05, 4.69) is 31.1 Å². The molecule has 0 saturated carbocycles. The fourth-order valence-corrected chi connectivity index (χ4v) is 3.29. The molecular formula is C18H15BrN4O2. The molecule has 0 aliphatic rings. The standard InChI is InChI=1S/C18H15BrN4O2/c1-2-9-23-15-8-7-11(10-14(15)20-18(23)24)16-21-17(25-22-16)12-5-3-4-6-13(12)19/h3-8,10H,2,9H2,1H3,(H,20,24). The van der Waals surface area contributed by atoms with Gasteiger partial charge in [0, 0.05) is 16.6 Å². The summed E-state index contributed by atoms with van der Waals surface area (Å²) in [6, 6.07) is 13.4. The summed E-state index contributed by atoms with van der Waals surface area (Å²) in [5.74, 6) is 0.927. The zero-order chi connectivity index (χ0) is 17.4. The number of imidazole rings is 1. The first-order valence-corrected chi connectivity index (χ1v) is 8.78. The number of nitrogens with one attached hydrogen (secondary N) is 1. The van der Waals surface area contributed by atoms with E-state index in [1.165, 1.54) is 0 Å². The van der Waals surface area contributed by atoms with Crippen LogP contribution in [-0.2, 0) is 6.54 Å². The SMILES string of the molecule is CCCn1c(=O)[nH]c2cc(-c3noc(-c4ccccc4Br)n3)ccc21. The number of hydrogen-bond acceptors (Lipinski definition) is 4. The monoisotopic (exact) mass is 398 g/mol. The van der Waals surface area contributed by atoms with Gasteiger partial charge < -0.3 is 9.51 Å². The summed E-state index contributed by atoms with van der Waals surface area (Å²) in [5, 5.41) is 4.07. The van der Waals surface area contributed by atoms with Crippen LogP contribution in [0.1, 0.15) is 13.3 Å². The molecule has 0 bridgehead atoms. The van der Waals surface area contributed by atoms with Crippen LogP contribution in [0.2, 0.25) is 0 Å². The van der Waals surface area contributed by atoms with Gasteiger partial charge in [0.15, 0.2) is 0 Å². The van der Waals surface area contributed by atoms with E-state index < -0.39 is 0 Å². The normalized spacial score (nSPS) is 11.3. The third-order valence-electron chi connectivity index (χ3n) is 4.01. The van der Waals surface area contributed by atoms with Crippen molar-refractivity contribution in [2.75, 3.05) is 0 Å². The predicted octanol–water partition coefficient (Wildman–Crippen LogP) is 4.22. The van der Waals surface area contributed by atoms with Crippen molar-refractivity contribution in [3.63, 3.8) is 0 Å². The zero-order valence-corrected chi connectivity index (χ0v) is 15.1. The van der Waals surface area contributed by atoms with Crippen molar-refractivity contribution >= 4 is 27.0 Å². The van der Waals surface area contributed by atoms with Crippen molar-refractivity contribution in [2.45, 2.75) is 19.9 Å². The summed E-state index contributed by atoms with van der Waals surface area (Å²) in [6.07, 6.45) is 0.898. The van der Waals surface area contributed by atoms with Gasteiger partial charge in [-0.2, -0.15) is 4.98 Å². The Morgan fingerprint density at radius 3 is 2.88 bits per heavy atom. The molecule has 0 amide bonds. The minimum atomic E-state index is -0.101. The third kappa shape index (κ3) is 2.80. The van der Waals surface area contributed by atoms with Gasteiger partial charge in [0.2, 0.25) is 5.82 Å². The molecule has 2 heterocycles. The van der Waals surface area contributed by atoms with E-state index in [0.717, 1.165) is 33.1 Å². The van der Waals surface area contributed by atoms with Crippen LogP contribution in [0.4, 0.5) is 0 Å². The predicted molar refractivity (Wildman–Crippen MR) is 99.3 cm³/mol. The number of H-pyrrole nitrogens is 1. The molecule has 25 heavy (non-hydrogen) atoms. The van der Waals surface area contributed by atoms with Crippen molar-refractivity contribution in [2.24, 2.45) is 0 Å². The highest BCUT2D eigenvalue weighted by Gasteiger charge is 2.14. The van der Waals surface area contributed by atoms with Crippen molar-refractivity contribution < 1.29 is 4.52 Å². The van der Waals surface area contributed by atoms with Gasteiger partial charge >= 0.3 is 5.69 Å². The highest BCUT2D eigenvalue weighted by Crippen LogP contribution is 2.29. The fourth-order valence-electron chi connectivity index (χ4n) is 2.83. The van der Waals surface area contributed by atoms with Crippen LogP contribution >= 0.6 is 15.9 Å². The maximum Gasteiger partial charge on any atom is 0.326 e. The largest absolute Gasteiger partial charge is 0.334 e. The van der Waals surface area contributed by atoms with E-state index in [1.54, 1.807) is 4.57 Å². The van der Waals surface area contributed by atoms with Crippen molar-refractivity contribution in [3.8, 4) is 22.8 Å². The number of aryl methyl sites for hydroxylation is 1. The lowest BCUT2D eigenvalue weighted by molar-refractivity contribution is 0.432. The number of fused-ring (bicyclic) bond motifs is 1. The Morgan fingerprint density at radius 1 is 1.24 bits per heavy atom. The lowest BCUT2D eigenvalue weighted by Gasteiger charge is -2.00. The van der Waals surface area contributed by atoms with Crippen LogP contribution < -0.4 is 5.69 Å². The molecule has 2 aromatic heterocycles. The number of benzene rings is 2. The second kappa shape index (κ2) is 6.33. The first-order chi connectivity index (χ1) is 12.2. The zero-order valence-electron chi connectivity index (χ0n) is 13.5. The van der Waals surface area contributed by atoms with Crippen molar-refractivity contribution in [3.05, 3.63) is 57.4 Å². The molecule has 0 radical (unpaired) electrons. The lowest BCUT2D eigenvalue weighted by atomic mass is 10.2. The van der Waals surface area contributed by atoms with Crippen LogP contribution in [0.5, 0.6) is 0 Å². The van der Waals surface area contributed by atoms with Crippen LogP contribution in [0.15, 0.2) is 56.3 Å². The van der Waals surface area contributed by atoms with Gasteiger partial charge in [-0.05, 0) is 52.7 Å². The number of rotatable bonds is 4. The van der Waals surface area contributed by atoms with E-state index in [0.29, 0.717) is 18.3 Å². The fraction of sp³-hybridized carbons (Fsp3) is 0.167. The minimum Gasteiger partial charge on any atom is -0.334 e. The molecule has 0 unspecified atom stereocenters. The van der Waals surface area contributed by atoms with Crippen molar-refractivity contribution in [1.29, 1.82) is 0 Å². The molecule has 0 spiro atoms. The maximum absolute atomic E-state index is 12.1. The maximum atomic E-state index is 12.1. The van der Waals surface area contributed by atoms with Gasteiger partial charge in [-0.1, -0.05) is 24.2 Å². The Balaban J connectivity index is 1.76. The first-order valence-electron chi connectivity index (χ1n) is 7.99. The van der Waals surface area contributed by atoms with E-state index in [-0.39, 0.29) is 5.69 Å². The van der Waals surface area contributed by atoms with Gasteiger partial charge in [0.1, 0.15) is 0 Å². The minimum absolute atomic E-state index is 0.101. The average molecular weight is 399 g/mol. The molecular weight excluding hydrogens is 384 g/mol. The average Bonchev–Trinajstić information content (AvgIpc) is 3.21. The Hall–Kier alpha value is -2.67. The van der Waals surface area contributed by atoms with Gasteiger partial charge in [0.05, 0.1) is 16.6 Å². The summed E-state index contributed by atoms with van der Waals surface area (Å²) in [4.78, 5) is 19.4. The van der Waals surface area contributed by atoms with E-state index >= 15 is 0 Å². The smallest absolute Gasteiger partial charge is 0.326 e. The summed E-state index contributed by atoms with van der Waals surface area (Å²) in [5.41, 5.74) is 3.17. The third-order valence-corrected chi connectivity index (χ3v) is 4.70. The topological polar surface area (TPSA) is 76.7 Å². The highest BCUT2D eigenvalue weighted by atomic mass is 79.9. The number of hydrogen-bond donors (Lipinski definition) is 1. The van der Waals surface area contributed by atoms with E-state index in [1.807, 2.05) is 49.4 Å². The Labute approximate surface area is 151 Å². The van der Waals surface area contributed by atoms with Crippen LogP contribution in [-0.4, -0.2) is 19.7 Å². The molecule has 126 valence electrons. The molecule has 0 aliphatic carbocycles. The Bertz CT molecular complexity index is 1110. The second-order valence-electron chi connectivity index (χ2n) is 5.72. The molecule has 4 aromatic rings. The van der Waals surface area contributed by atoms with Crippen LogP contribution in [0, 0.1) is 0 Å². The van der Waals surface area contributed by atoms with E-state index in [9.17, 15) is 4.79 Å². The highest BCUT2D eigenvalue weighted by molar-refractivity contribution is 9.10. The van der Waals surface area contributed by atoms with Gasteiger partial charge in [-0.25, -0.2) is 4.79 Å². The molecule has 0 aliphatic heterocycles. The summed E-state index contributed by atoms with van der Waals surface area (Å²) in [6.45, 7) is 2.73. The summed E-state index contributed by atoms with van der Waals surface area (Å²) < 4.78 is 8.03. The van der Waals surface area contributed by atoms with Crippen molar-refractivity contribution in [1.82, 2.24) is 19.7 Å². The molecule has 0 fully saturated rings. The Morgan fingerprint density at radius 2 is 2.08 bits per heavy atom. The van der Waals surface area contributed by atoms with Gasteiger partial charge in [-0.15, -0.1) is 0 Å². The number of halogens is 1. The Kier molecular flexibility index (Phi) is 4.01. The molecule has 2 aromatic carbocycles. The molecule has 6 nitrogen and oxygen atoms in total. The molecule has 0 saturated heterocycles. The van der Waals surface area contributed by atoms with E-state index in [4.69, 9.17) is 4.52 Å². The summed E-state index contributed by atoms with van der Waals surface area (Å²) >= 11 is 3.49. The molecule has 1 N–H and O–H groups in total. The van der Waals surface area contributed by atoms with Crippen LogP contribution in [0.25, 0.3) is 33.9 Å². The molecule has 7 heteroatoms. The number of aromatic nitrogens is 4. The summed E-state index contributed by atoms with van der Waals surface area (Å²) in [7, 11) is 0. The van der Waals surface area contributed by atoms with Gasteiger partial charge in [0.25, 0.3) is 5.89 Å². The number of nitrogens with zero attached hydrogens (tertiary/aromatic N) is 3. The first kappa shape index (κ1) is 15.8. The van der Waals surface area contributed by atoms with Gasteiger partial charge in [-0.3, -0.25) is 4.57 Å². The quantitative estimate of drug-likeness (QED) is 0.558. The van der Waals surface area contributed by atoms with Crippen LogP contribution in [0.3, 0.4) is 0 Å². The number of aromatic amines is 1. The second-order valence-corrected chi connectivity index (χ2v) is 6.57. The molecule has 0 atom stereocenters.